The molecule has 1 amide bonds. The van der Waals surface area contributed by atoms with E-state index in [9.17, 15) is 18.7 Å². The number of carboxylic acid groups (broad SMARTS) is 1. The number of methoxy groups -OCH3 is 3. The topological polar surface area (TPSA) is 123 Å². The predicted molar refractivity (Wildman–Crippen MR) is 134 cm³/mol. The molecule has 0 spiro atoms. The van der Waals surface area contributed by atoms with Crippen LogP contribution < -0.4 is 19.5 Å². The first kappa shape index (κ1) is 25.2. The Morgan fingerprint density at radius 2 is 1.89 bits per heavy atom. The van der Waals surface area contributed by atoms with Crippen LogP contribution >= 0.6 is 0 Å². The van der Waals surface area contributed by atoms with Crippen molar-refractivity contribution in [2.45, 2.75) is 25.1 Å². The normalized spacial score (nSPS) is 17.6. The van der Waals surface area contributed by atoms with Gasteiger partial charge in [0.15, 0.2) is 23.0 Å². The third-order valence-corrected chi connectivity index (χ3v) is 6.53. The molecule has 200 valence electrons. The van der Waals surface area contributed by atoms with Gasteiger partial charge < -0.3 is 29.5 Å². The minimum Gasteiger partial charge on any atom is -0.497 e. The maximum absolute atomic E-state index is 14.6. The Balaban J connectivity index is 1.59. The summed E-state index contributed by atoms with van der Waals surface area (Å²) in [7, 11) is 4.48. The van der Waals surface area contributed by atoms with Gasteiger partial charge in [0.25, 0.3) is 0 Å². The molecule has 2 aromatic heterocycles. The zero-order chi connectivity index (χ0) is 27.0. The van der Waals surface area contributed by atoms with Gasteiger partial charge in [-0.1, -0.05) is 0 Å². The average molecular weight is 529 g/mol. The van der Waals surface area contributed by atoms with Gasteiger partial charge in [0, 0.05) is 42.1 Å². The van der Waals surface area contributed by atoms with Crippen molar-refractivity contribution >= 4 is 28.6 Å². The van der Waals surface area contributed by atoms with Crippen LogP contribution in [0.1, 0.15) is 23.7 Å². The second kappa shape index (κ2) is 10.1. The van der Waals surface area contributed by atoms with Crippen molar-refractivity contribution in [3.05, 3.63) is 47.5 Å². The fourth-order valence-corrected chi connectivity index (χ4v) is 4.62. The van der Waals surface area contributed by atoms with Gasteiger partial charge in [0.1, 0.15) is 17.7 Å². The number of rotatable bonds is 7. The summed E-state index contributed by atoms with van der Waals surface area (Å²) < 4.78 is 46.3. The summed E-state index contributed by atoms with van der Waals surface area (Å²) in [6.45, 7) is 0.133. The molecule has 0 saturated carbocycles. The van der Waals surface area contributed by atoms with Crippen LogP contribution in [0, 0.1) is 5.82 Å². The summed E-state index contributed by atoms with van der Waals surface area (Å²) in [6, 6.07) is 8.12. The Hall–Kier alpha value is -4.42. The van der Waals surface area contributed by atoms with Gasteiger partial charge in [-0.05, 0) is 24.6 Å². The second-order valence-electron chi connectivity index (χ2n) is 8.89. The first-order valence-corrected chi connectivity index (χ1v) is 11.8. The molecule has 0 bridgehead atoms. The SMILES string of the molecule is COc1ccc(CNc2nc3cc(OC)c(F)cc3c3nc([C@H]4C[C@@H](F)CN(C(=O)O)C4)nn23)c(OC)c1. The monoisotopic (exact) mass is 528 g/mol. The van der Waals surface area contributed by atoms with Gasteiger partial charge in [-0.15, -0.1) is 5.10 Å². The van der Waals surface area contributed by atoms with Crippen LogP contribution in [0.25, 0.3) is 16.6 Å². The van der Waals surface area contributed by atoms with Crippen molar-refractivity contribution in [1.82, 2.24) is 24.5 Å². The number of hydrogen-bond acceptors (Lipinski definition) is 8. The molecule has 11 nitrogen and oxygen atoms in total. The molecule has 0 aliphatic carbocycles. The van der Waals surface area contributed by atoms with Crippen LogP contribution in [0.2, 0.25) is 0 Å². The van der Waals surface area contributed by atoms with Crippen molar-refractivity contribution in [2.24, 2.45) is 0 Å². The van der Waals surface area contributed by atoms with E-state index in [1.165, 1.54) is 23.8 Å². The molecule has 5 rings (SSSR count). The quantitative estimate of drug-likeness (QED) is 0.368. The molecule has 3 heterocycles. The van der Waals surface area contributed by atoms with E-state index in [2.05, 4.69) is 20.4 Å². The second-order valence-corrected chi connectivity index (χ2v) is 8.89. The smallest absolute Gasteiger partial charge is 0.407 e. The molecule has 1 aliphatic rings. The number of anilines is 1. The summed E-state index contributed by atoms with van der Waals surface area (Å²) >= 11 is 0. The van der Waals surface area contributed by atoms with Crippen LogP contribution in [-0.4, -0.2) is 76.3 Å². The van der Waals surface area contributed by atoms with Crippen molar-refractivity contribution < 1.29 is 32.9 Å². The first-order valence-electron chi connectivity index (χ1n) is 11.8. The Bertz CT molecular complexity index is 1510. The van der Waals surface area contributed by atoms with Crippen LogP contribution in [0.15, 0.2) is 30.3 Å². The maximum atomic E-state index is 14.6. The van der Waals surface area contributed by atoms with E-state index in [-0.39, 0.29) is 37.6 Å². The average Bonchev–Trinajstić information content (AvgIpc) is 3.37. The minimum absolute atomic E-state index is 0.0153. The number of carbonyl (C=O) groups is 1. The maximum Gasteiger partial charge on any atom is 0.407 e. The van der Waals surface area contributed by atoms with E-state index < -0.39 is 24.0 Å². The summed E-state index contributed by atoms with van der Waals surface area (Å²) in [4.78, 5) is 21.8. The van der Waals surface area contributed by atoms with E-state index in [4.69, 9.17) is 14.2 Å². The number of hydrogen-bond donors (Lipinski definition) is 2. The lowest BCUT2D eigenvalue weighted by atomic mass is 9.96. The van der Waals surface area contributed by atoms with Crippen molar-refractivity contribution in [1.29, 1.82) is 0 Å². The predicted octanol–water partition coefficient (Wildman–Crippen LogP) is 3.86. The Morgan fingerprint density at radius 3 is 2.61 bits per heavy atom. The van der Waals surface area contributed by atoms with Gasteiger partial charge >= 0.3 is 6.09 Å². The lowest BCUT2D eigenvalue weighted by Gasteiger charge is -2.31. The highest BCUT2D eigenvalue weighted by atomic mass is 19.1. The molecule has 38 heavy (non-hydrogen) atoms. The van der Waals surface area contributed by atoms with Crippen molar-refractivity contribution in [2.75, 3.05) is 39.7 Å². The lowest BCUT2D eigenvalue weighted by molar-refractivity contribution is 0.0969. The zero-order valence-corrected chi connectivity index (χ0v) is 20.9. The molecule has 0 radical (unpaired) electrons. The van der Waals surface area contributed by atoms with E-state index in [0.29, 0.717) is 34.0 Å². The molecule has 1 fully saturated rings. The number of fused-ring (bicyclic) bond motifs is 3. The number of aromatic nitrogens is 4. The van der Waals surface area contributed by atoms with Crippen LogP contribution in [0.4, 0.5) is 19.5 Å². The number of alkyl halides is 1. The number of benzene rings is 2. The number of halogens is 2. The molecule has 2 N–H and O–H groups in total. The van der Waals surface area contributed by atoms with E-state index in [1.807, 2.05) is 6.07 Å². The molecule has 2 aromatic carbocycles. The zero-order valence-electron chi connectivity index (χ0n) is 20.9. The fourth-order valence-electron chi connectivity index (χ4n) is 4.62. The van der Waals surface area contributed by atoms with Gasteiger partial charge in [0.05, 0.1) is 33.4 Å². The minimum atomic E-state index is -1.35. The highest BCUT2D eigenvalue weighted by molar-refractivity contribution is 5.93. The van der Waals surface area contributed by atoms with E-state index >= 15 is 0 Å². The van der Waals surface area contributed by atoms with E-state index in [0.717, 1.165) is 10.5 Å². The summed E-state index contributed by atoms with van der Waals surface area (Å²) in [6.07, 6.45) is -2.49. The molecular formula is C25H26F2N6O5. The number of nitrogens with one attached hydrogen (secondary N) is 1. The Labute approximate surface area is 215 Å². The largest absolute Gasteiger partial charge is 0.497 e. The molecule has 0 unspecified atom stereocenters. The standard InChI is InChI=1S/C25H26F2N6O5/c1-36-16-5-4-13(20(7-16)37-2)10-28-24-29-19-9-21(38-3)18(27)8-17(19)23-30-22(31-33(23)24)14-6-15(26)12-32(11-14)25(34)35/h4-5,7-9,14-15H,6,10-12H2,1-3H3,(H,28,29)(H,34,35)/t14-,15+/m0/s1. The molecule has 13 heteroatoms. The van der Waals surface area contributed by atoms with Gasteiger partial charge in [-0.2, -0.15) is 4.52 Å². The van der Waals surface area contributed by atoms with Crippen molar-refractivity contribution in [3.63, 3.8) is 0 Å². The van der Waals surface area contributed by atoms with Gasteiger partial charge in [-0.3, -0.25) is 0 Å². The Kier molecular flexibility index (Phi) is 6.74. The number of piperidine rings is 1. The Morgan fingerprint density at radius 1 is 1.11 bits per heavy atom. The summed E-state index contributed by atoms with van der Waals surface area (Å²) in [5.74, 6) is 0.608. The number of likely N-dealkylation sites (tertiary alicyclic amines) is 1. The van der Waals surface area contributed by atoms with Gasteiger partial charge in [0.2, 0.25) is 5.95 Å². The highest BCUT2D eigenvalue weighted by Crippen LogP contribution is 2.32. The molecule has 2 atom stereocenters. The molecule has 4 aromatic rings. The first-order chi connectivity index (χ1) is 18.3. The molecular weight excluding hydrogens is 502 g/mol. The molecule has 1 saturated heterocycles. The highest BCUT2D eigenvalue weighted by Gasteiger charge is 2.33. The van der Waals surface area contributed by atoms with Crippen LogP contribution in [0.3, 0.4) is 0 Å². The van der Waals surface area contributed by atoms with Crippen molar-refractivity contribution in [3.8, 4) is 17.2 Å². The van der Waals surface area contributed by atoms with Gasteiger partial charge in [-0.25, -0.2) is 23.5 Å². The lowest BCUT2D eigenvalue weighted by Crippen LogP contribution is -2.43. The van der Waals surface area contributed by atoms with E-state index in [1.54, 1.807) is 26.4 Å². The number of amides is 1. The summed E-state index contributed by atoms with van der Waals surface area (Å²) in [5, 5.41) is 17.6. The van der Waals surface area contributed by atoms with Crippen LogP contribution in [0.5, 0.6) is 17.2 Å². The third kappa shape index (κ3) is 4.66. The van der Waals surface area contributed by atoms with Crippen LogP contribution in [-0.2, 0) is 6.54 Å². The third-order valence-electron chi connectivity index (χ3n) is 6.53. The molecule has 1 aliphatic heterocycles. The number of nitrogens with zero attached hydrogens (tertiary/aromatic N) is 5. The fraction of sp³-hybridized carbons (Fsp3) is 0.360. The summed E-state index contributed by atoms with van der Waals surface area (Å²) in [5.41, 5.74) is 1.50. The number of ether oxygens (including phenoxy) is 3.